The number of carbonyl (C=O) groups excluding carboxylic acids is 1. The lowest BCUT2D eigenvalue weighted by molar-refractivity contribution is -0.145. The second kappa shape index (κ2) is 8.31. The van der Waals surface area contributed by atoms with Gasteiger partial charge in [0.15, 0.2) is 0 Å². The van der Waals surface area contributed by atoms with Gasteiger partial charge < -0.3 is 14.7 Å². The fraction of sp³-hybridized carbons (Fsp3) is 0.467. The number of hydrogen-bond donors (Lipinski definition) is 1. The van der Waals surface area contributed by atoms with Crippen LogP contribution >= 0.6 is 0 Å². The topological polar surface area (TPSA) is 66.8 Å². The molecule has 0 aliphatic rings. The molecule has 5 nitrogen and oxygen atoms in total. The van der Waals surface area contributed by atoms with Gasteiger partial charge >= 0.3 is 12.6 Å². The van der Waals surface area contributed by atoms with Gasteiger partial charge in [-0.3, -0.25) is 9.59 Å². The van der Waals surface area contributed by atoms with Crippen LogP contribution < -0.4 is 4.74 Å². The standard InChI is InChI=1S/C15H19F2NO4/c1-10(2)18(9-14(20)21)13(19)8-5-11-3-6-12(7-4-11)22-15(16)17/h3-4,6-7,10,15H,5,8-9H2,1-2H3,(H,20,21). The molecule has 0 fully saturated rings. The smallest absolute Gasteiger partial charge is 0.387 e. The molecule has 22 heavy (non-hydrogen) atoms. The number of aliphatic carboxylic acids is 1. The molecule has 0 heterocycles. The van der Waals surface area contributed by atoms with Gasteiger partial charge in [0.2, 0.25) is 5.91 Å². The van der Waals surface area contributed by atoms with Gasteiger partial charge in [0.05, 0.1) is 0 Å². The monoisotopic (exact) mass is 315 g/mol. The molecule has 0 saturated heterocycles. The summed E-state index contributed by atoms with van der Waals surface area (Å²) in [5, 5.41) is 8.80. The predicted molar refractivity (Wildman–Crippen MR) is 75.9 cm³/mol. The molecule has 1 amide bonds. The Labute approximate surface area is 127 Å². The minimum atomic E-state index is -2.87. The molecule has 0 radical (unpaired) electrons. The molecule has 0 spiro atoms. The maximum atomic E-state index is 12.0. The molecule has 1 N–H and O–H groups in total. The van der Waals surface area contributed by atoms with Gasteiger partial charge in [-0.25, -0.2) is 0 Å². The first kappa shape index (κ1) is 17.9. The number of hydrogen-bond acceptors (Lipinski definition) is 3. The molecular formula is C15H19F2NO4. The summed E-state index contributed by atoms with van der Waals surface area (Å²) in [6.07, 6.45) is 0.553. The Morgan fingerprint density at radius 2 is 1.82 bits per heavy atom. The number of carbonyl (C=O) groups is 2. The van der Waals surface area contributed by atoms with Crippen LogP contribution in [0.5, 0.6) is 5.75 Å². The van der Waals surface area contributed by atoms with Crippen molar-refractivity contribution < 1.29 is 28.2 Å². The molecule has 0 unspecified atom stereocenters. The van der Waals surface area contributed by atoms with Gasteiger partial charge in [-0.1, -0.05) is 12.1 Å². The van der Waals surface area contributed by atoms with E-state index in [0.717, 1.165) is 5.56 Å². The van der Waals surface area contributed by atoms with Crippen molar-refractivity contribution in [1.29, 1.82) is 0 Å². The Kier molecular flexibility index (Phi) is 6.75. The molecule has 1 rings (SSSR count). The summed E-state index contributed by atoms with van der Waals surface area (Å²) in [6.45, 7) is 0.287. The van der Waals surface area contributed by atoms with Crippen LogP contribution in [0.3, 0.4) is 0 Å². The number of benzene rings is 1. The Morgan fingerprint density at radius 3 is 2.27 bits per heavy atom. The Bertz CT molecular complexity index is 503. The highest BCUT2D eigenvalue weighted by Crippen LogP contribution is 2.16. The Morgan fingerprint density at radius 1 is 1.23 bits per heavy atom. The summed E-state index contributed by atoms with van der Waals surface area (Å²) < 4.78 is 28.3. The number of aryl methyl sites for hydroxylation is 1. The van der Waals surface area contributed by atoms with Crippen LogP contribution in [0, 0.1) is 0 Å². The van der Waals surface area contributed by atoms with Crippen molar-refractivity contribution in [2.75, 3.05) is 6.54 Å². The van der Waals surface area contributed by atoms with Gasteiger partial charge in [-0.05, 0) is 38.0 Å². The average Bonchev–Trinajstić information content (AvgIpc) is 2.42. The SMILES string of the molecule is CC(C)N(CC(=O)O)C(=O)CCc1ccc(OC(F)F)cc1. The lowest BCUT2D eigenvalue weighted by Gasteiger charge is -2.24. The predicted octanol–water partition coefficient (Wildman–Crippen LogP) is 2.54. The maximum Gasteiger partial charge on any atom is 0.387 e. The minimum absolute atomic E-state index is 0.0553. The van der Waals surface area contributed by atoms with Crippen molar-refractivity contribution in [3.63, 3.8) is 0 Å². The number of halogens is 2. The normalized spacial score (nSPS) is 10.8. The lowest BCUT2D eigenvalue weighted by Crippen LogP contribution is -2.40. The molecule has 0 atom stereocenters. The second-order valence-electron chi connectivity index (χ2n) is 5.03. The maximum absolute atomic E-state index is 12.0. The van der Waals surface area contributed by atoms with E-state index < -0.39 is 12.6 Å². The Balaban J connectivity index is 2.57. The average molecular weight is 315 g/mol. The van der Waals surface area contributed by atoms with Crippen LogP contribution in [0.4, 0.5) is 8.78 Å². The summed E-state index contributed by atoms with van der Waals surface area (Å²) in [6, 6.07) is 5.81. The summed E-state index contributed by atoms with van der Waals surface area (Å²) in [5.41, 5.74) is 0.786. The number of rotatable bonds is 8. The molecule has 0 aliphatic carbocycles. The van der Waals surface area contributed by atoms with Gasteiger partial charge in [0, 0.05) is 12.5 Å². The van der Waals surface area contributed by atoms with Crippen molar-refractivity contribution in [1.82, 2.24) is 4.90 Å². The molecule has 122 valence electrons. The van der Waals surface area contributed by atoms with Crippen LogP contribution in [0.1, 0.15) is 25.8 Å². The summed E-state index contributed by atoms with van der Waals surface area (Å²) in [5.74, 6) is -1.26. The second-order valence-corrected chi connectivity index (χ2v) is 5.03. The van der Waals surface area contributed by atoms with E-state index >= 15 is 0 Å². The van der Waals surface area contributed by atoms with E-state index in [0.29, 0.717) is 6.42 Å². The zero-order valence-corrected chi connectivity index (χ0v) is 12.5. The molecule has 0 aliphatic heterocycles. The molecule has 0 bridgehead atoms. The first-order valence-electron chi connectivity index (χ1n) is 6.84. The van der Waals surface area contributed by atoms with Crippen molar-refractivity contribution in [2.24, 2.45) is 0 Å². The van der Waals surface area contributed by atoms with Crippen LogP contribution in [0.15, 0.2) is 24.3 Å². The van der Waals surface area contributed by atoms with E-state index in [4.69, 9.17) is 5.11 Å². The van der Waals surface area contributed by atoms with Gasteiger partial charge in [-0.2, -0.15) is 8.78 Å². The van der Waals surface area contributed by atoms with E-state index in [-0.39, 0.29) is 30.7 Å². The fourth-order valence-corrected chi connectivity index (χ4v) is 1.94. The van der Waals surface area contributed by atoms with Gasteiger partial charge in [-0.15, -0.1) is 0 Å². The zero-order chi connectivity index (χ0) is 16.7. The van der Waals surface area contributed by atoms with Crippen LogP contribution in [-0.4, -0.2) is 41.1 Å². The van der Waals surface area contributed by atoms with Crippen LogP contribution in [0.25, 0.3) is 0 Å². The van der Waals surface area contributed by atoms with E-state index in [2.05, 4.69) is 4.74 Å². The third-order valence-corrected chi connectivity index (χ3v) is 3.03. The molecular weight excluding hydrogens is 296 g/mol. The number of carboxylic acid groups (broad SMARTS) is 1. The first-order valence-corrected chi connectivity index (χ1v) is 6.84. The Hall–Kier alpha value is -2.18. The molecule has 1 aromatic rings. The molecule has 1 aromatic carbocycles. The summed E-state index contributed by atoms with van der Waals surface area (Å²) in [7, 11) is 0. The lowest BCUT2D eigenvalue weighted by atomic mass is 10.1. The van der Waals surface area contributed by atoms with Crippen molar-refractivity contribution in [2.45, 2.75) is 39.3 Å². The van der Waals surface area contributed by atoms with Crippen LogP contribution in [-0.2, 0) is 16.0 Å². The molecule has 7 heteroatoms. The number of alkyl halides is 2. The van der Waals surface area contributed by atoms with Gasteiger partial charge in [0.25, 0.3) is 0 Å². The summed E-state index contributed by atoms with van der Waals surface area (Å²) >= 11 is 0. The highest BCUT2D eigenvalue weighted by Gasteiger charge is 2.19. The first-order chi connectivity index (χ1) is 10.3. The summed E-state index contributed by atoms with van der Waals surface area (Å²) in [4.78, 5) is 24.1. The molecule has 0 aromatic heterocycles. The van der Waals surface area contributed by atoms with Crippen molar-refractivity contribution in [3.8, 4) is 5.75 Å². The van der Waals surface area contributed by atoms with Crippen molar-refractivity contribution >= 4 is 11.9 Å². The fourth-order valence-electron chi connectivity index (χ4n) is 1.94. The third-order valence-electron chi connectivity index (χ3n) is 3.03. The van der Waals surface area contributed by atoms with Gasteiger partial charge in [0.1, 0.15) is 12.3 Å². The van der Waals surface area contributed by atoms with E-state index in [1.54, 1.807) is 26.0 Å². The van der Waals surface area contributed by atoms with E-state index in [9.17, 15) is 18.4 Å². The number of nitrogens with zero attached hydrogens (tertiary/aromatic N) is 1. The number of carboxylic acids is 1. The largest absolute Gasteiger partial charge is 0.480 e. The van der Waals surface area contributed by atoms with Crippen molar-refractivity contribution in [3.05, 3.63) is 29.8 Å². The zero-order valence-electron chi connectivity index (χ0n) is 12.5. The quantitative estimate of drug-likeness (QED) is 0.800. The van der Waals surface area contributed by atoms with E-state index in [1.807, 2.05) is 0 Å². The number of amides is 1. The minimum Gasteiger partial charge on any atom is -0.480 e. The third kappa shape index (κ3) is 6.07. The number of ether oxygens (including phenoxy) is 1. The van der Waals surface area contributed by atoms with Crippen LogP contribution in [0.2, 0.25) is 0 Å². The molecule has 0 saturated carbocycles. The van der Waals surface area contributed by atoms with E-state index in [1.165, 1.54) is 17.0 Å². The highest BCUT2D eigenvalue weighted by atomic mass is 19.3. The highest BCUT2D eigenvalue weighted by molar-refractivity contribution is 5.81.